The van der Waals surface area contributed by atoms with Crippen LogP contribution in [0.5, 0.6) is 5.75 Å². The maximum absolute atomic E-state index is 12.2. The minimum absolute atomic E-state index is 0. The summed E-state index contributed by atoms with van der Waals surface area (Å²) in [6.45, 7) is 3.21. The van der Waals surface area contributed by atoms with Gasteiger partial charge in [-0.2, -0.15) is 0 Å². The Balaban J connectivity index is 0.00000420. The standard InChI is InChI=1S/C19H27N3O4S2.HI/c1-3-20-19(21-11-10-15-7-4-5-8-17(15)26-2)22-13-16(23)14-28(24,25)18-9-6-12-27-18;/h4-9,12,16,23H,3,10-11,13-14H2,1-2H3,(H2,20,21,22);1H. The third-order valence-electron chi connectivity index (χ3n) is 3.90. The number of methoxy groups -OCH3 is 1. The fourth-order valence-corrected chi connectivity index (χ4v) is 5.06. The predicted octanol–water partition coefficient (Wildman–Crippen LogP) is 2.31. The van der Waals surface area contributed by atoms with Crippen molar-refractivity contribution in [2.24, 2.45) is 4.99 Å². The van der Waals surface area contributed by atoms with Gasteiger partial charge in [-0.1, -0.05) is 24.3 Å². The lowest BCUT2D eigenvalue weighted by Crippen LogP contribution is -2.39. The Morgan fingerprint density at radius 3 is 2.66 bits per heavy atom. The van der Waals surface area contributed by atoms with E-state index in [0.717, 1.165) is 29.1 Å². The smallest absolute Gasteiger partial charge is 0.191 e. The van der Waals surface area contributed by atoms with Crippen molar-refractivity contribution in [2.75, 3.05) is 32.5 Å². The molecule has 162 valence electrons. The molecule has 0 aliphatic rings. The monoisotopic (exact) mass is 553 g/mol. The largest absolute Gasteiger partial charge is 0.496 e. The molecule has 29 heavy (non-hydrogen) atoms. The average Bonchev–Trinajstić information content (AvgIpc) is 3.22. The summed E-state index contributed by atoms with van der Waals surface area (Å²) in [5.41, 5.74) is 1.08. The summed E-state index contributed by atoms with van der Waals surface area (Å²) in [6.07, 6.45) is -0.333. The number of sulfone groups is 1. The SMILES string of the molecule is CCNC(=NCC(O)CS(=O)(=O)c1cccs1)NCCc1ccccc1OC.I. The first-order valence-corrected chi connectivity index (χ1v) is 11.6. The summed E-state index contributed by atoms with van der Waals surface area (Å²) in [4.78, 5) is 4.30. The molecule has 1 aromatic heterocycles. The second kappa shape index (κ2) is 13.0. The topological polar surface area (TPSA) is 100 Å². The van der Waals surface area contributed by atoms with Gasteiger partial charge in [-0.3, -0.25) is 4.99 Å². The van der Waals surface area contributed by atoms with Gasteiger partial charge in [-0.25, -0.2) is 8.42 Å². The molecule has 1 heterocycles. The number of rotatable bonds is 10. The molecule has 7 nitrogen and oxygen atoms in total. The van der Waals surface area contributed by atoms with Crippen molar-refractivity contribution >= 4 is 51.1 Å². The fourth-order valence-electron chi connectivity index (χ4n) is 2.59. The molecule has 0 fully saturated rings. The highest BCUT2D eigenvalue weighted by Crippen LogP contribution is 2.18. The van der Waals surface area contributed by atoms with Crippen LogP contribution in [0.3, 0.4) is 0 Å². The number of aliphatic hydroxyl groups excluding tert-OH is 1. The Morgan fingerprint density at radius 2 is 2.00 bits per heavy atom. The minimum Gasteiger partial charge on any atom is -0.496 e. The second-order valence-corrected chi connectivity index (χ2v) is 9.28. The summed E-state index contributed by atoms with van der Waals surface area (Å²) in [7, 11) is -1.85. The van der Waals surface area contributed by atoms with Crippen LogP contribution in [0.15, 0.2) is 51.0 Å². The molecule has 2 aromatic rings. The summed E-state index contributed by atoms with van der Waals surface area (Å²) in [5.74, 6) is 1.02. The highest BCUT2D eigenvalue weighted by molar-refractivity contribution is 14.0. The van der Waals surface area contributed by atoms with E-state index in [9.17, 15) is 13.5 Å². The van der Waals surface area contributed by atoms with Crippen LogP contribution in [0.4, 0.5) is 0 Å². The lowest BCUT2D eigenvalue weighted by molar-refractivity contribution is 0.206. The number of halogens is 1. The number of nitrogens with zero attached hydrogens (tertiary/aromatic N) is 1. The number of nitrogens with one attached hydrogen (secondary N) is 2. The third kappa shape index (κ3) is 8.49. The number of ether oxygens (including phenoxy) is 1. The zero-order chi connectivity index (χ0) is 20.4. The first-order valence-electron chi connectivity index (χ1n) is 9.04. The molecule has 1 unspecified atom stereocenters. The van der Waals surface area contributed by atoms with E-state index in [4.69, 9.17) is 4.74 Å². The van der Waals surface area contributed by atoms with Crippen LogP contribution in [0.1, 0.15) is 12.5 Å². The van der Waals surface area contributed by atoms with Crippen LogP contribution in [0.25, 0.3) is 0 Å². The van der Waals surface area contributed by atoms with E-state index >= 15 is 0 Å². The molecule has 0 spiro atoms. The molecule has 1 aromatic carbocycles. The van der Waals surface area contributed by atoms with E-state index in [1.807, 2.05) is 31.2 Å². The Hall–Kier alpha value is -1.37. The van der Waals surface area contributed by atoms with Crippen molar-refractivity contribution in [1.82, 2.24) is 10.6 Å². The van der Waals surface area contributed by atoms with Gasteiger partial charge >= 0.3 is 0 Å². The molecular weight excluding hydrogens is 525 g/mol. The zero-order valence-electron chi connectivity index (χ0n) is 16.5. The first-order chi connectivity index (χ1) is 13.5. The molecule has 10 heteroatoms. The number of hydrogen-bond donors (Lipinski definition) is 3. The molecule has 0 amide bonds. The Bertz CT molecular complexity index is 858. The number of para-hydroxylation sites is 1. The van der Waals surface area contributed by atoms with Crippen molar-refractivity contribution in [3.63, 3.8) is 0 Å². The van der Waals surface area contributed by atoms with Gasteiger partial charge in [-0.15, -0.1) is 35.3 Å². The van der Waals surface area contributed by atoms with Gasteiger partial charge < -0.3 is 20.5 Å². The van der Waals surface area contributed by atoms with Gasteiger partial charge in [0.05, 0.1) is 25.5 Å². The number of benzene rings is 1. The van der Waals surface area contributed by atoms with E-state index < -0.39 is 15.9 Å². The highest BCUT2D eigenvalue weighted by atomic mass is 127. The minimum atomic E-state index is -3.49. The van der Waals surface area contributed by atoms with E-state index in [1.54, 1.807) is 24.6 Å². The summed E-state index contributed by atoms with van der Waals surface area (Å²) >= 11 is 1.15. The molecule has 3 N–H and O–H groups in total. The van der Waals surface area contributed by atoms with Crippen LogP contribution >= 0.6 is 35.3 Å². The van der Waals surface area contributed by atoms with Crippen molar-refractivity contribution < 1.29 is 18.3 Å². The number of aliphatic imine (C=N–C) groups is 1. The van der Waals surface area contributed by atoms with E-state index in [0.29, 0.717) is 19.0 Å². The van der Waals surface area contributed by atoms with Crippen LogP contribution in [0, 0.1) is 0 Å². The third-order valence-corrected chi connectivity index (χ3v) is 7.18. The lowest BCUT2D eigenvalue weighted by atomic mass is 10.1. The first kappa shape index (κ1) is 25.7. The highest BCUT2D eigenvalue weighted by Gasteiger charge is 2.20. The van der Waals surface area contributed by atoms with Gasteiger partial charge in [0.25, 0.3) is 0 Å². The van der Waals surface area contributed by atoms with E-state index in [1.165, 1.54) is 0 Å². The van der Waals surface area contributed by atoms with Gasteiger partial charge in [0.2, 0.25) is 0 Å². The molecule has 0 saturated heterocycles. The summed E-state index contributed by atoms with van der Waals surface area (Å²) in [6, 6.07) is 11.0. The average molecular weight is 553 g/mol. The second-order valence-electron chi connectivity index (χ2n) is 6.08. The lowest BCUT2D eigenvalue weighted by Gasteiger charge is -2.14. The molecule has 0 radical (unpaired) electrons. The van der Waals surface area contributed by atoms with E-state index in [-0.39, 0.29) is 40.5 Å². The van der Waals surface area contributed by atoms with Crippen molar-refractivity contribution in [3.8, 4) is 5.75 Å². The van der Waals surface area contributed by atoms with Crippen molar-refractivity contribution in [2.45, 2.75) is 23.7 Å². The van der Waals surface area contributed by atoms with Gasteiger partial charge in [0.15, 0.2) is 15.8 Å². The molecule has 0 saturated carbocycles. The maximum Gasteiger partial charge on any atom is 0.191 e. The molecule has 1 atom stereocenters. The predicted molar refractivity (Wildman–Crippen MR) is 128 cm³/mol. The molecule has 2 rings (SSSR count). The number of guanidine groups is 1. The van der Waals surface area contributed by atoms with Crippen molar-refractivity contribution in [3.05, 3.63) is 47.3 Å². The normalized spacial score (nSPS) is 12.7. The van der Waals surface area contributed by atoms with Crippen LogP contribution in [-0.4, -0.2) is 58.1 Å². The number of aliphatic hydroxyl groups is 1. The fraction of sp³-hybridized carbons (Fsp3) is 0.421. The summed E-state index contributed by atoms with van der Waals surface area (Å²) < 4.78 is 30.0. The van der Waals surface area contributed by atoms with Crippen molar-refractivity contribution in [1.29, 1.82) is 0 Å². The van der Waals surface area contributed by atoms with Crippen LogP contribution in [-0.2, 0) is 16.3 Å². The zero-order valence-corrected chi connectivity index (χ0v) is 20.5. The Labute approximate surface area is 193 Å². The summed E-state index contributed by atoms with van der Waals surface area (Å²) in [5, 5.41) is 18.1. The molecule has 0 aliphatic heterocycles. The Kier molecular flexibility index (Phi) is 11.5. The van der Waals surface area contributed by atoms with Crippen LogP contribution in [0.2, 0.25) is 0 Å². The van der Waals surface area contributed by atoms with Crippen LogP contribution < -0.4 is 15.4 Å². The number of hydrogen-bond acceptors (Lipinski definition) is 6. The van der Waals surface area contributed by atoms with Gasteiger partial charge in [-0.05, 0) is 36.4 Å². The molecule has 0 bridgehead atoms. The molecular formula is C19H28IN3O4S2. The van der Waals surface area contributed by atoms with Gasteiger partial charge in [0, 0.05) is 13.1 Å². The number of thiophene rings is 1. The van der Waals surface area contributed by atoms with Gasteiger partial charge in [0.1, 0.15) is 9.96 Å². The molecule has 0 aliphatic carbocycles. The quantitative estimate of drug-likeness (QED) is 0.237. The Morgan fingerprint density at radius 1 is 1.24 bits per heavy atom. The van der Waals surface area contributed by atoms with E-state index in [2.05, 4.69) is 15.6 Å². The maximum atomic E-state index is 12.2.